The summed E-state index contributed by atoms with van der Waals surface area (Å²) >= 11 is 0. The molecular weight excluding hydrogens is 414 g/mol. The number of benzene rings is 4. The summed E-state index contributed by atoms with van der Waals surface area (Å²) in [7, 11) is -0.432. The summed E-state index contributed by atoms with van der Waals surface area (Å²) in [4.78, 5) is 0. The molecule has 4 aromatic rings. The molecule has 0 saturated carbocycles. The summed E-state index contributed by atoms with van der Waals surface area (Å²) in [5, 5.41) is 5.45. The van der Waals surface area contributed by atoms with Crippen molar-refractivity contribution < 1.29 is 20.4 Å². The van der Waals surface area contributed by atoms with Crippen LogP contribution in [0.4, 0.5) is 0 Å². The van der Waals surface area contributed by atoms with Gasteiger partial charge in [-0.2, -0.15) is 18.2 Å². The van der Waals surface area contributed by atoms with Gasteiger partial charge in [-0.15, -0.1) is 22.4 Å². The van der Waals surface area contributed by atoms with Gasteiger partial charge in [0, 0.05) is 20.4 Å². The van der Waals surface area contributed by atoms with E-state index >= 15 is 0 Å². The zero-order valence-electron chi connectivity index (χ0n) is 13.7. The van der Waals surface area contributed by atoms with E-state index in [4.69, 9.17) is 0 Å². The average Bonchev–Trinajstić information content (AvgIpc) is 2.67. The molecule has 0 atom stereocenters. The van der Waals surface area contributed by atoms with Crippen molar-refractivity contribution >= 4 is 29.3 Å². The normalized spacial score (nSPS) is 10.6. The second-order valence-electron chi connectivity index (χ2n) is 5.80. The van der Waals surface area contributed by atoms with Crippen LogP contribution in [0.5, 0.6) is 0 Å². The van der Waals surface area contributed by atoms with Crippen molar-refractivity contribution in [3.63, 3.8) is 0 Å². The monoisotopic (exact) mass is 431 g/mol. The van der Waals surface area contributed by atoms with Gasteiger partial charge >= 0.3 is 0 Å². The van der Waals surface area contributed by atoms with Crippen LogP contribution < -0.4 is 10.6 Å². The van der Waals surface area contributed by atoms with Gasteiger partial charge in [0.2, 0.25) is 0 Å². The topological polar surface area (TPSA) is 0 Å². The molecule has 0 bridgehead atoms. The summed E-state index contributed by atoms with van der Waals surface area (Å²) in [6.45, 7) is 0. The minimum Gasteiger partial charge on any atom is -0.179 e. The van der Waals surface area contributed by atoms with Crippen molar-refractivity contribution in [1.29, 1.82) is 0 Å². The maximum atomic E-state index is 3.50. The maximum Gasteiger partial charge on any atom is 0 e. The zero-order chi connectivity index (χ0) is 16.2. The van der Waals surface area contributed by atoms with Crippen molar-refractivity contribution in [1.82, 2.24) is 0 Å². The smallest absolute Gasteiger partial charge is 0 e. The average molecular weight is 432 g/mol. The van der Waals surface area contributed by atoms with Crippen LogP contribution in [-0.4, -0.2) is 0 Å². The van der Waals surface area contributed by atoms with Crippen LogP contribution in [0.3, 0.4) is 0 Å². The first-order chi connectivity index (χ1) is 11.9. The molecule has 0 spiro atoms. The van der Waals surface area contributed by atoms with Crippen LogP contribution in [0.15, 0.2) is 97.1 Å². The Kier molecular flexibility index (Phi) is 6.17. The Bertz CT molecular complexity index is 891. The molecule has 4 aromatic carbocycles. The van der Waals surface area contributed by atoms with Crippen LogP contribution in [0, 0.1) is 6.07 Å². The molecule has 0 heterocycles. The van der Waals surface area contributed by atoms with E-state index in [1.54, 1.807) is 0 Å². The molecule has 0 nitrogen and oxygen atoms in total. The van der Waals surface area contributed by atoms with Gasteiger partial charge in [-0.25, -0.2) is 0 Å². The van der Waals surface area contributed by atoms with E-state index in [1.807, 2.05) is 0 Å². The Labute approximate surface area is 164 Å². The third-order valence-corrected chi connectivity index (χ3v) is 6.73. The van der Waals surface area contributed by atoms with Crippen LogP contribution in [-0.2, 0) is 26.6 Å². The van der Waals surface area contributed by atoms with Crippen molar-refractivity contribution in [2.75, 3.05) is 0 Å². The fraction of sp³-hybridized carbons (Fsp3) is 0.0435. The minimum atomic E-state index is -0.432. The summed E-state index contributed by atoms with van der Waals surface area (Å²) in [5.74, 6) is 0. The van der Waals surface area contributed by atoms with Gasteiger partial charge in [-0.05, 0) is 24.7 Å². The van der Waals surface area contributed by atoms with Crippen LogP contribution in [0.2, 0.25) is 0 Å². The summed E-state index contributed by atoms with van der Waals surface area (Å²) in [6.07, 6.45) is 1.02. The zero-order valence-corrected chi connectivity index (χ0v) is 16.2. The van der Waals surface area contributed by atoms with Crippen molar-refractivity contribution in [3.05, 3.63) is 109 Å². The fourth-order valence-corrected chi connectivity index (χ4v) is 5.37. The Balaban J connectivity index is 0.00000182. The van der Waals surface area contributed by atoms with E-state index < -0.39 is 7.92 Å². The van der Waals surface area contributed by atoms with E-state index in [9.17, 15) is 0 Å². The first-order valence-corrected chi connectivity index (χ1v) is 9.70. The number of fused-ring (bicyclic) bond motifs is 1. The van der Waals surface area contributed by atoms with E-state index in [2.05, 4.69) is 103 Å². The molecule has 0 amide bonds. The molecule has 0 aliphatic heterocycles. The molecular formula is C23H18PPd-. The van der Waals surface area contributed by atoms with Gasteiger partial charge in [0.15, 0.2) is 0 Å². The summed E-state index contributed by atoms with van der Waals surface area (Å²) < 4.78 is 0. The van der Waals surface area contributed by atoms with Crippen LogP contribution in [0.1, 0.15) is 5.56 Å². The number of hydrogen-bond donors (Lipinski definition) is 0. The first kappa shape index (κ1) is 18.0. The first-order valence-electron chi connectivity index (χ1n) is 8.18. The standard InChI is InChI=1S/C23H18P.Pd/c1-3-13-21(14-4-1)24(22-15-5-2-6-16-22)18-20-12-9-11-19-10-7-8-17-23(19)20;/h1-11,13-17H,18H2;/q-1;. The third-order valence-electron chi connectivity index (χ3n) is 4.26. The molecule has 0 aliphatic rings. The van der Waals surface area contributed by atoms with E-state index in [-0.39, 0.29) is 20.4 Å². The predicted molar refractivity (Wildman–Crippen MR) is 106 cm³/mol. The Morgan fingerprint density at radius 1 is 0.640 bits per heavy atom. The second kappa shape index (κ2) is 8.55. The number of rotatable bonds is 4. The quantitative estimate of drug-likeness (QED) is 0.234. The van der Waals surface area contributed by atoms with Crippen LogP contribution >= 0.6 is 7.92 Å². The Morgan fingerprint density at radius 3 is 1.84 bits per heavy atom. The van der Waals surface area contributed by atoms with E-state index in [0.717, 1.165) is 6.16 Å². The van der Waals surface area contributed by atoms with Crippen molar-refractivity contribution in [2.45, 2.75) is 6.16 Å². The van der Waals surface area contributed by atoms with Gasteiger partial charge in [0.1, 0.15) is 0 Å². The molecule has 0 aromatic heterocycles. The summed E-state index contributed by atoms with van der Waals surface area (Å²) in [5.41, 5.74) is 1.31. The van der Waals surface area contributed by atoms with Crippen molar-refractivity contribution in [2.24, 2.45) is 0 Å². The fourth-order valence-electron chi connectivity index (χ4n) is 3.06. The Morgan fingerprint density at radius 2 is 1.20 bits per heavy atom. The molecule has 0 saturated heterocycles. The molecule has 0 unspecified atom stereocenters. The summed E-state index contributed by atoms with van der Waals surface area (Å²) in [6, 6.07) is 38.1. The molecule has 126 valence electrons. The minimum absolute atomic E-state index is 0. The predicted octanol–water partition coefficient (Wildman–Crippen LogP) is 5.27. The molecule has 0 aliphatic carbocycles. The van der Waals surface area contributed by atoms with Gasteiger partial charge in [0.05, 0.1) is 0 Å². The maximum absolute atomic E-state index is 3.50. The third kappa shape index (κ3) is 4.08. The SMILES string of the molecule is [Pd].[c-]1ccc2ccccc2c1CP(c1ccccc1)c1ccccc1. The molecule has 0 N–H and O–H groups in total. The van der Waals surface area contributed by atoms with E-state index in [0.29, 0.717) is 0 Å². The van der Waals surface area contributed by atoms with Gasteiger partial charge < -0.3 is 0 Å². The van der Waals surface area contributed by atoms with Gasteiger partial charge in [-0.1, -0.05) is 78.9 Å². The van der Waals surface area contributed by atoms with Crippen molar-refractivity contribution in [3.8, 4) is 0 Å². The molecule has 4 rings (SSSR count). The van der Waals surface area contributed by atoms with Gasteiger partial charge in [-0.3, -0.25) is 0 Å². The largest absolute Gasteiger partial charge is 0.179 e. The number of hydrogen-bond acceptors (Lipinski definition) is 0. The molecule has 0 radical (unpaired) electrons. The second-order valence-corrected chi connectivity index (χ2v) is 8.01. The molecule has 2 heteroatoms. The van der Waals surface area contributed by atoms with Crippen LogP contribution in [0.25, 0.3) is 10.8 Å². The molecule has 0 fully saturated rings. The van der Waals surface area contributed by atoms with Gasteiger partial charge in [0.25, 0.3) is 0 Å². The Hall–Kier alpha value is -1.77. The molecule has 25 heavy (non-hydrogen) atoms. The van der Waals surface area contributed by atoms with E-state index in [1.165, 1.54) is 26.9 Å².